The highest BCUT2D eigenvalue weighted by molar-refractivity contribution is 9.08. The number of ether oxygens (including phenoxy) is 1. The lowest BCUT2D eigenvalue weighted by Gasteiger charge is -2.11. The largest absolute Gasteiger partial charge is 0.486 e. The maximum Gasteiger partial charge on any atom is 0.272 e. The second kappa shape index (κ2) is 6.62. The lowest BCUT2D eigenvalue weighted by Crippen LogP contribution is -2.01. The van der Waals surface area contributed by atoms with E-state index in [2.05, 4.69) is 15.9 Å². The Bertz CT molecular complexity index is 679. The van der Waals surface area contributed by atoms with Gasteiger partial charge in [-0.05, 0) is 17.7 Å². The van der Waals surface area contributed by atoms with Crippen LogP contribution in [0.3, 0.4) is 0 Å². The number of halogens is 3. The highest BCUT2D eigenvalue weighted by Crippen LogP contribution is 2.26. The third-order valence-corrected chi connectivity index (χ3v) is 3.33. The van der Waals surface area contributed by atoms with Gasteiger partial charge in [-0.25, -0.2) is 8.78 Å². The summed E-state index contributed by atoms with van der Waals surface area (Å²) in [6.45, 7) is -0.167. The SMILES string of the molecule is O=[N+]([O-])c1cc(F)cc(COc2c(F)cccc2CBr)c1. The van der Waals surface area contributed by atoms with E-state index in [0.29, 0.717) is 10.9 Å². The van der Waals surface area contributed by atoms with Crippen molar-refractivity contribution < 1.29 is 18.4 Å². The minimum atomic E-state index is -0.739. The van der Waals surface area contributed by atoms with Crippen LogP contribution in [-0.2, 0) is 11.9 Å². The van der Waals surface area contributed by atoms with Gasteiger partial charge in [0.25, 0.3) is 5.69 Å². The van der Waals surface area contributed by atoms with Gasteiger partial charge in [0.2, 0.25) is 0 Å². The number of alkyl halides is 1. The standard InChI is InChI=1S/C14H10BrF2NO3/c15-7-10-2-1-3-13(17)14(10)21-8-9-4-11(16)6-12(5-9)18(19)20/h1-6H,7-8H2. The van der Waals surface area contributed by atoms with Crippen molar-refractivity contribution in [2.24, 2.45) is 0 Å². The first kappa shape index (κ1) is 15.4. The van der Waals surface area contributed by atoms with Gasteiger partial charge in [0.1, 0.15) is 12.4 Å². The Hall–Kier alpha value is -2.02. The molecule has 0 aliphatic carbocycles. The lowest BCUT2D eigenvalue weighted by atomic mass is 10.2. The first-order valence-electron chi connectivity index (χ1n) is 5.91. The van der Waals surface area contributed by atoms with Crippen molar-refractivity contribution in [3.05, 3.63) is 69.3 Å². The van der Waals surface area contributed by atoms with Crippen LogP contribution in [0.4, 0.5) is 14.5 Å². The molecule has 0 unspecified atom stereocenters. The fraction of sp³-hybridized carbons (Fsp3) is 0.143. The van der Waals surface area contributed by atoms with Crippen molar-refractivity contribution in [3.8, 4) is 5.75 Å². The van der Waals surface area contributed by atoms with Crippen LogP contribution in [0.25, 0.3) is 0 Å². The van der Waals surface area contributed by atoms with E-state index in [1.807, 2.05) is 0 Å². The summed E-state index contributed by atoms with van der Waals surface area (Å²) in [6.07, 6.45) is 0. The molecule has 4 nitrogen and oxygen atoms in total. The second-order valence-corrected chi connectivity index (χ2v) is 4.79. The zero-order valence-corrected chi connectivity index (χ0v) is 12.3. The summed E-state index contributed by atoms with van der Waals surface area (Å²) in [5, 5.41) is 11.1. The average Bonchev–Trinajstić information content (AvgIpc) is 2.45. The topological polar surface area (TPSA) is 52.4 Å². The zero-order valence-electron chi connectivity index (χ0n) is 10.7. The van der Waals surface area contributed by atoms with E-state index in [9.17, 15) is 18.9 Å². The highest BCUT2D eigenvalue weighted by atomic mass is 79.9. The zero-order chi connectivity index (χ0) is 15.4. The van der Waals surface area contributed by atoms with E-state index in [-0.39, 0.29) is 23.6 Å². The molecular weight excluding hydrogens is 348 g/mol. The van der Waals surface area contributed by atoms with Gasteiger partial charge < -0.3 is 4.74 Å². The first-order valence-corrected chi connectivity index (χ1v) is 7.03. The van der Waals surface area contributed by atoms with Gasteiger partial charge in [0.05, 0.1) is 11.0 Å². The molecule has 0 aliphatic heterocycles. The normalized spacial score (nSPS) is 10.4. The fourth-order valence-electron chi connectivity index (χ4n) is 1.80. The molecule has 7 heteroatoms. The van der Waals surface area contributed by atoms with E-state index in [0.717, 1.165) is 12.1 Å². The van der Waals surface area contributed by atoms with Crippen molar-refractivity contribution in [2.45, 2.75) is 11.9 Å². The van der Waals surface area contributed by atoms with Crippen LogP contribution < -0.4 is 4.74 Å². The quantitative estimate of drug-likeness (QED) is 0.454. The molecule has 0 bridgehead atoms. The summed E-state index contributed by atoms with van der Waals surface area (Å²) >= 11 is 3.22. The number of para-hydroxylation sites is 1. The summed E-state index contributed by atoms with van der Waals surface area (Å²) in [6, 6.07) is 7.60. The molecule has 2 aromatic rings. The van der Waals surface area contributed by atoms with Gasteiger partial charge in [0.15, 0.2) is 11.6 Å². The van der Waals surface area contributed by atoms with Crippen LogP contribution in [0.15, 0.2) is 36.4 Å². The predicted octanol–water partition coefficient (Wildman–Crippen LogP) is 4.35. The summed E-state index contributed by atoms with van der Waals surface area (Å²) in [5.74, 6) is -1.24. The molecule has 0 radical (unpaired) electrons. The third-order valence-electron chi connectivity index (χ3n) is 2.73. The van der Waals surface area contributed by atoms with Crippen molar-refractivity contribution >= 4 is 21.6 Å². The molecule has 0 saturated heterocycles. The molecule has 110 valence electrons. The van der Waals surface area contributed by atoms with E-state index in [4.69, 9.17) is 4.74 Å². The van der Waals surface area contributed by atoms with E-state index >= 15 is 0 Å². The monoisotopic (exact) mass is 357 g/mol. The van der Waals surface area contributed by atoms with Crippen LogP contribution in [-0.4, -0.2) is 4.92 Å². The number of rotatable bonds is 5. The molecular formula is C14H10BrF2NO3. The molecule has 0 aliphatic rings. The maximum atomic E-state index is 13.7. The molecule has 0 saturated carbocycles. The van der Waals surface area contributed by atoms with Gasteiger partial charge in [-0.2, -0.15) is 0 Å². The molecule has 0 aromatic heterocycles. The predicted molar refractivity (Wildman–Crippen MR) is 76.4 cm³/mol. The maximum absolute atomic E-state index is 13.7. The molecule has 0 heterocycles. The molecule has 0 amide bonds. The molecule has 2 aromatic carbocycles. The number of hydrogen-bond donors (Lipinski definition) is 0. The van der Waals surface area contributed by atoms with Gasteiger partial charge in [-0.15, -0.1) is 0 Å². The Morgan fingerprint density at radius 3 is 2.67 bits per heavy atom. The Morgan fingerprint density at radius 2 is 2.00 bits per heavy atom. The molecule has 0 spiro atoms. The average molecular weight is 358 g/mol. The highest BCUT2D eigenvalue weighted by Gasteiger charge is 2.13. The van der Waals surface area contributed by atoms with Gasteiger partial charge in [-0.1, -0.05) is 28.1 Å². The van der Waals surface area contributed by atoms with E-state index in [1.165, 1.54) is 12.1 Å². The van der Waals surface area contributed by atoms with Crippen LogP contribution in [0.2, 0.25) is 0 Å². The van der Waals surface area contributed by atoms with Crippen molar-refractivity contribution in [1.29, 1.82) is 0 Å². The molecule has 2 rings (SSSR count). The van der Waals surface area contributed by atoms with Crippen LogP contribution in [0, 0.1) is 21.7 Å². The van der Waals surface area contributed by atoms with Crippen LogP contribution in [0.1, 0.15) is 11.1 Å². The third kappa shape index (κ3) is 3.75. The number of hydrogen-bond acceptors (Lipinski definition) is 3. The second-order valence-electron chi connectivity index (χ2n) is 4.23. The van der Waals surface area contributed by atoms with E-state index < -0.39 is 16.6 Å². The number of nitro groups is 1. The molecule has 21 heavy (non-hydrogen) atoms. The minimum absolute atomic E-state index is 0.0429. The molecule has 0 fully saturated rings. The summed E-state index contributed by atoms with van der Waals surface area (Å²) < 4.78 is 32.3. The number of nitro benzene ring substituents is 1. The fourth-order valence-corrected chi connectivity index (χ4v) is 2.24. The Morgan fingerprint density at radius 1 is 1.24 bits per heavy atom. The molecule has 0 atom stereocenters. The Labute approximate surface area is 127 Å². The van der Waals surface area contributed by atoms with Gasteiger partial charge in [-0.3, -0.25) is 10.1 Å². The van der Waals surface area contributed by atoms with Crippen molar-refractivity contribution in [1.82, 2.24) is 0 Å². The molecule has 0 N–H and O–H groups in total. The van der Waals surface area contributed by atoms with Crippen LogP contribution >= 0.6 is 15.9 Å². The number of benzene rings is 2. The van der Waals surface area contributed by atoms with Gasteiger partial charge in [0, 0.05) is 17.0 Å². The Balaban J connectivity index is 2.23. The smallest absolute Gasteiger partial charge is 0.272 e. The van der Waals surface area contributed by atoms with Crippen molar-refractivity contribution in [3.63, 3.8) is 0 Å². The van der Waals surface area contributed by atoms with Crippen LogP contribution in [0.5, 0.6) is 5.75 Å². The summed E-state index contributed by atoms with van der Waals surface area (Å²) in [4.78, 5) is 9.97. The summed E-state index contributed by atoms with van der Waals surface area (Å²) in [7, 11) is 0. The Kier molecular flexibility index (Phi) is 4.85. The summed E-state index contributed by atoms with van der Waals surface area (Å²) in [5.41, 5.74) is 0.481. The lowest BCUT2D eigenvalue weighted by molar-refractivity contribution is -0.385. The number of non-ortho nitro benzene ring substituents is 1. The first-order chi connectivity index (χ1) is 10.0. The van der Waals surface area contributed by atoms with Crippen molar-refractivity contribution in [2.75, 3.05) is 0 Å². The minimum Gasteiger partial charge on any atom is -0.486 e. The van der Waals surface area contributed by atoms with Gasteiger partial charge >= 0.3 is 0 Å². The number of nitrogens with zero attached hydrogens (tertiary/aromatic N) is 1. The van der Waals surface area contributed by atoms with E-state index in [1.54, 1.807) is 12.1 Å².